The molecule has 2 rings (SSSR count). The summed E-state index contributed by atoms with van der Waals surface area (Å²) in [5.41, 5.74) is 1.10. The molecule has 2 aromatic rings. The molecule has 1 atom stereocenters. The van der Waals surface area contributed by atoms with E-state index in [4.69, 9.17) is 0 Å². The minimum atomic E-state index is -2.73. The van der Waals surface area contributed by atoms with Gasteiger partial charge in [0.15, 0.2) is 5.69 Å². The second-order valence-electron chi connectivity index (χ2n) is 4.99. The zero-order chi connectivity index (χ0) is 15.4. The standard InChI is InChI=1S/C15H17F2N3O/c1-9(8-11-6-4-3-5-7-11)15(21)18-12-10(2)19-20-13(12)14(16)17/h3-7,9,14H,8H2,1-2H3,(H,18,21)(H,19,20)/t9-/m0/s1. The SMILES string of the molecule is Cc1[nH]nc(C(F)F)c1NC(=O)[C@@H](C)Cc1ccccc1. The lowest BCUT2D eigenvalue weighted by molar-refractivity contribution is -0.119. The molecule has 0 saturated heterocycles. The normalized spacial score (nSPS) is 12.4. The van der Waals surface area contributed by atoms with Crippen LogP contribution in [0.1, 0.15) is 30.3 Å². The number of halogens is 2. The molecule has 0 saturated carbocycles. The molecule has 1 heterocycles. The molecule has 1 aromatic heterocycles. The van der Waals surface area contributed by atoms with Crippen LogP contribution in [0, 0.1) is 12.8 Å². The Balaban J connectivity index is 2.06. The van der Waals surface area contributed by atoms with Gasteiger partial charge in [-0.1, -0.05) is 37.3 Å². The van der Waals surface area contributed by atoms with Gasteiger partial charge in [-0.3, -0.25) is 9.89 Å². The van der Waals surface area contributed by atoms with E-state index < -0.39 is 12.1 Å². The first-order valence-electron chi connectivity index (χ1n) is 6.66. The molecule has 0 radical (unpaired) electrons. The van der Waals surface area contributed by atoms with Gasteiger partial charge in [0.1, 0.15) is 0 Å². The summed E-state index contributed by atoms with van der Waals surface area (Å²) >= 11 is 0. The zero-order valence-corrected chi connectivity index (χ0v) is 11.9. The van der Waals surface area contributed by atoms with Crippen molar-refractivity contribution in [3.8, 4) is 0 Å². The van der Waals surface area contributed by atoms with Crippen LogP contribution in [0.2, 0.25) is 0 Å². The van der Waals surface area contributed by atoms with Gasteiger partial charge < -0.3 is 5.32 Å². The summed E-state index contributed by atoms with van der Waals surface area (Å²) in [4.78, 5) is 12.1. The van der Waals surface area contributed by atoms with E-state index in [9.17, 15) is 13.6 Å². The van der Waals surface area contributed by atoms with Crippen molar-refractivity contribution in [2.24, 2.45) is 5.92 Å². The number of nitrogens with zero attached hydrogens (tertiary/aromatic N) is 1. The molecule has 21 heavy (non-hydrogen) atoms. The minimum absolute atomic E-state index is 0.0786. The van der Waals surface area contributed by atoms with E-state index in [1.807, 2.05) is 30.3 Å². The molecule has 112 valence electrons. The van der Waals surface area contributed by atoms with Crippen LogP contribution in [0.15, 0.2) is 30.3 Å². The van der Waals surface area contributed by atoms with E-state index in [-0.39, 0.29) is 17.5 Å². The van der Waals surface area contributed by atoms with Crippen molar-refractivity contribution in [1.29, 1.82) is 0 Å². The van der Waals surface area contributed by atoms with E-state index in [0.29, 0.717) is 12.1 Å². The number of alkyl halides is 2. The highest BCUT2D eigenvalue weighted by Gasteiger charge is 2.22. The Morgan fingerprint density at radius 1 is 1.33 bits per heavy atom. The zero-order valence-electron chi connectivity index (χ0n) is 11.9. The number of aromatic nitrogens is 2. The number of rotatable bonds is 5. The second kappa shape index (κ2) is 6.47. The molecule has 0 aliphatic carbocycles. The van der Waals surface area contributed by atoms with Crippen LogP contribution in [0.3, 0.4) is 0 Å². The third-order valence-corrected chi connectivity index (χ3v) is 3.26. The summed E-state index contributed by atoms with van der Waals surface area (Å²) in [5, 5.41) is 8.54. The van der Waals surface area contributed by atoms with Crippen molar-refractivity contribution in [2.45, 2.75) is 26.7 Å². The highest BCUT2D eigenvalue weighted by molar-refractivity contribution is 5.93. The minimum Gasteiger partial charge on any atom is -0.323 e. The van der Waals surface area contributed by atoms with E-state index >= 15 is 0 Å². The first-order valence-corrected chi connectivity index (χ1v) is 6.66. The van der Waals surface area contributed by atoms with Crippen LogP contribution >= 0.6 is 0 Å². The summed E-state index contributed by atoms with van der Waals surface area (Å²) in [5.74, 6) is -0.627. The van der Waals surface area contributed by atoms with E-state index in [2.05, 4.69) is 15.5 Å². The fourth-order valence-corrected chi connectivity index (χ4v) is 2.07. The van der Waals surface area contributed by atoms with Crippen molar-refractivity contribution in [3.63, 3.8) is 0 Å². The van der Waals surface area contributed by atoms with Gasteiger partial charge in [-0.15, -0.1) is 0 Å². The number of hydrogen-bond acceptors (Lipinski definition) is 2. The molecule has 0 fully saturated rings. The molecule has 0 bridgehead atoms. The Morgan fingerprint density at radius 3 is 2.62 bits per heavy atom. The molecule has 1 aromatic carbocycles. The Kier molecular flexibility index (Phi) is 4.67. The highest BCUT2D eigenvalue weighted by atomic mass is 19.3. The number of aromatic amines is 1. The highest BCUT2D eigenvalue weighted by Crippen LogP contribution is 2.27. The summed E-state index contributed by atoms with van der Waals surface area (Å²) in [6.07, 6.45) is -2.18. The van der Waals surface area contributed by atoms with Gasteiger partial charge in [0.2, 0.25) is 5.91 Å². The summed E-state index contributed by atoms with van der Waals surface area (Å²) in [6.45, 7) is 3.36. The van der Waals surface area contributed by atoms with E-state index in [1.54, 1.807) is 13.8 Å². The van der Waals surface area contributed by atoms with E-state index in [1.165, 1.54) is 0 Å². The van der Waals surface area contributed by atoms with Crippen molar-refractivity contribution >= 4 is 11.6 Å². The summed E-state index contributed by atoms with van der Waals surface area (Å²) in [6, 6.07) is 9.55. The first-order chi connectivity index (χ1) is 9.99. The number of benzene rings is 1. The Labute approximate surface area is 121 Å². The number of H-pyrrole nitrogens is 1. The van der Waals surface area contributed by atoms with Crippen LogP contribution in [0.25, 0.3) is 0 Å². The maximum Gasteiger partial charge on any atom is 0.284 e. The molecule has 0 aliphatic heterocycles. The van der Waals surface area contributed by atoms with Crippen LogP contribution in [-0.2, 0) is 11.2 Å². The van der Waals surface area contributed by atoms with Gasteiger partial charge in [-0.25, -0.2) is 8.78 Å². The second-order valence-corrected chi connectivity index (χ2v) is 4.99. The summed E-state index contributed by atoms with van der Waals surface area (Å²) in [7, 11) is 0. The number of amides is 1. The Bertz CT molecular complexity index is 611. The average molecular weight is 293 g/mol. The quantitative estimate of drug-likeness (QED) is 0.886. The fraction of sp³-hybridized carbons (Fsp3) is 0.333. The average Bonchev–Trinajstić information content (AvgIpc) is 2.81. The predicted octanol–water partition coefficient (Wildman–Crippen LogP) is 3.47. The van der Waals surface area contributed by atoms with Crippen molar-refractivity contribution in [2.75, 3.05) is 5.32 Å². The number of anilines is 1. The molecular weight excluding hydrogens is 276 g/mol. The molecule has 6 heteroatoms. The van der Waals surface area contributed by atoms with Gasteiger partial charge in [0.25, 0.3) is 6.43 Å². The van der Waals surface area contributed by atoms with Crippen molar-refractivity contribution < 1.29 is 13.6 Å². The Hall–Kier alpha value is -2.24. The maximum atomic E-state index is 12.8. The lowest BCUT2D eigenvalue weighted by atomic mass is 10.0. The first kappa shape index (κ1) is 15.2. The molecule has 4 nitrogen and oxygen atoms in total. The monoisotopic (exact) mass is 293 g/mol. The van der Waals surface area contributed by atoms with Crippen LogP contribution in [0.5, 0.6) is 0 Å². The molecule has 0 spiro atoms. The maximum absolute atomic E-state index is 12.8. The topological polar surface area (TPSA) is 57.8 Å². The number of carbonyl (C=O) groups is 1. The van der Waals surface area contributed by atoms with Crippen LogP contribution < -0.4 is 5.32 Å². The van der Waals surface area contributed by atoms with Crippen LogP contribution in [-0.4, -0.2) is 16.1 Å². The van der Waals surface area contributed by atoms with Gasteiger partial charge in [-0.2, -0.15) is 5.10 Å². The smallest absolute Gasteiger partial charge is 0.284 e. The lowest BCUT2D eigenvalue weighted by Gasteiger charge is -2.13. The number of aryl methyl sites for hydroxylation is 1. The third kappa shape index (κ3) is 3.65. The van der Waals surface area contributed by atoms with Gasteiger partial charge >= 0.3 is 0 Å². The molecule has 1 amide bonds. The fourth-order valence-electron chi connectivity index (χ4n) is 2.07. The molecule has 2 N–H and O–H groups in total. The van der Waals surface area contributed by atoms with Crippen molar-refractivity contribution in [3.05, 3.63) is 47.3 Å². The number of carbonyl (C=O) groups excluding carboxylic acids is 1. The van der Waals surface area contributed by atoms with Gasteiger partial charge in [0, 0.05) is 5.92 Å². The molecule has 0 unspecified atom stereocenters. The number of hydrogen-bond donors (Lipinski definition) is 2. The lowest BCUT2D eigenvalue weighted by Crippen LogP contribution is -2.23. The van der Waals surface area contributed by atoms with E-state index in [0.717, 1.165) is 5.56 Å². The van der Waals surface area contributed by atoms with Crippen LogP contribution in [0.4, 0.5) is 14.5 Å². The predicted molar refractivity (Wildman–Crippen MR) is 76.2 cm³/mol. The Morgan fingerprint density at radius 2 is 2.00 bits per heavy atom. The van der Waals surface area contributed by atoms with Crippen molar-refractivity contribution in [1.82, 2.24) is 10.2 Å². The molecular formula is C15H17F2N3O. The third-order valence-electron chi connectivity index (χ3n) is 3.26. The van der Waals surface area contributed by atoms with Gasteiger partial charge in [0.05, 0.1) is 11.4 Å². The largest absolute Gasteiger partial charge is 0.323 e. The number of nitrogens with one attached hydrogen (secondary N) is 2. The van der Waals surface area contributed by atoms with Gasteiger partial charge in [-0.05, 0) is 18.9 Å². The molecule has 0 aliphatic rings. The summed E-state index contributed by atoms with van der Waals surface area (Å²) < 4.78 is 25.6.